The second kappa shape index (κ2) is 3.97. The summed E-state index contributed by atoms with van der Waals surface area (Å²) in [6, 6.07) is 0. The van der Waals surface area contributed by atoms with Gasteiger partial charge in [-0.1, -0.05) is 6.92 Å². The van der Waals surface area contributed by atoms with Crippen LogP contribution in [0.1, 0.15) is 26.2 Å². The molecule has 3 heteroatoms. The van der Waals surface area contributed by atoms with Crippen LogP contribution in [0, 0.1) is 0 Å². The fourth-order valence-electron chi connectivity index (χ4n) is 2.18. The van der Waals surface area contributed by atoms with Gasteiger partial charge in [0.05, 0.1) is 7.05 Å². The van der Waals surface area contributed by atoms with Gasteiger partial charge in [-0.25, -0.2) is 0 Å². The molecule has 0 radical (unpaired) electrons. The van der Waals surface area contributed by atoms with Crippen LogP contribution >= 0.6 is 0 Å². The van der Waals surface area contributed by atoms with Crippen molar-refractivity contribution in [3.05, 3.63) is 11.8 Å². The SMILES string of the molecule is CCCC(=O)N1CC=C([N+]2(C)CC2)CC1. The lowest BCUT2D eigenvalue weighted by Gasteiger charge is -2.28. The predicted molar refractivity (Wildman–Crippen MR) is 60.1 cm³/mol. The zero-order valence-corrected chi connectivity index (χ0v) is 9.83. The normalized spacial score (nSPS) is 23.6. The van der Waals surface area contributed by atoms with E-state index in [-0.39, 0.29) is 0 Å². The van der Waals surface area contributed by atoms with Crippen molar-refractivity contribution in [2.75, 3.05) is 33.2 Å². The van der Waals surface area contributed by atoms with Crippen molar-refractivity contribution in [3.8, 4) is 0 Å². The molecule has 15 heavy (non-hydrogen) atoms. The highest BCUT2D eigenvalue weighted by atomic mass is 16.2. The van der Waals surface area contributed by atoms with Crippen molar-refractivity contribution in [1.82, 2.24) is 4.90 Å². The second-order valence-electron chi connectivity index (χ2n) is 4.88. The second-order valence-corrected chi connectivity index (χ2v) is 4.88. The molecule has 1 amide bonds. The first-order chi connectivity index (χ1) is 7.15. The minimum absolute atomic E-state index is 0.321. The molecule has 0 unspecified atom stereocenters. The van der Waals surface area contributed by atoms with Crippen LogP contribution in [0.4, 0.5) is 0 Å². The van der Waals surface area contributed by atoms with Gasteiger partial charge in [0.2, 0.25) is 5.91 Å². The first-order valence-corrected chi connectivity index (χ1v) is 5.97. The molecule has 3 nitrogen and oxygen atoms in total. The highest BCUT2D eigenvalue weighted by Crippen LogP contribution is 2.30. The van der Waals surface area contributed by atoms with Gasteiger partial charge in [0, 0.05) is 25.9 Å². The zero-order chi connectivity index (χ0) is 10.9. The maximum Gasteiger partial charge on any atom is 0.222 e. The molecule has 0 saturated carbocycles. The summed E-state index contributed by atoms with van der Waals surface area (Å²) < 4.78 is 1.13. The smallest absolute Gasteiger partial charge is 0.222 e. The third kappa shape index (κ3) is 2.23. The lowest BCUT2D eigenvalue weighted by Crippen LogP contribution is -2.37. The van der Waals surface area contributed by atoms with Crippen LogP contribution in [-0.4, -0.2) is 48.5 Å². The molecular formula is C12H21N2O+. The largest absolute Gasteiger partial charge is 0.338 e. The Labute approximate surface area is 91.9 Å². The maximum absolute atomic E-state index is 11.7. The lowest BCUT2D eigenvalue weighted by molar-refractivity contribution is -0.736. The Morgan fingerprint density at radius 2 is 2.27 bits per heavy atom. The molecule has 0 aromatic heterocycles. The van der Waals surface area contributed by atoms with Crippen LogP contribution in [0.5, 0.6) is 0 Å². The minimum Gasteiger partial charge on any atom is -0.338 e. The van der Waals surface area contributed by atoms with Crippen molar-refractivity contribution < 1.29 is 9.28 Å². The lowest BCUT2D eigenvalue weighted by atomic mass is 10.1. The topological polar surface area (TPSA) is 20.3 Å². The van der Waals surface area contributed by atoms with E-state index in [0.29, 0.717) is 12.3 Å². The Hall–Kier alpha value is -0.830. The molecule has 0 atom stereocenters. The van der Waals surface area contributed by atoms with E-state index >= 15 is 0 Å². The molecule has 1 saturated heterocycles. The van der Waals surface area contributed by atoms with Gasteiger partial charge in [0.25, 0.3) is 0 Å². The van der Waals surface area contributed by atoms with Gasteiger partial charge in [-0.2, -0.15) is 0 Å². The number of amides is 1. The van der Waals surface area contributed by atoms with E-state index in [1.165, 1.54) is 18.8 Å². The van der Waals surface area contributed by atoms with Crippen LogP contribution in [0.2, 0.25) is 0 Å². The molecule has 1 fully saturated rings. The highest BCUT2D eigenvalue weighted by Gasteiger charge is 2.42. The molecule has 2 rings (SSSR count). The third-order valence-corrected chi connectivity index (χ3v) is 3.59. The quantitative estimate of drug-likeness (QED) is 0.508. The minimum atomic E-state index is 0.321. The van der Waals surface area contributed by atoms with E-state index in [1.807, 2.05) is 4.90 Å². The fraction of sp³-hybridized carbons (Fsp3) is 0.750. The summed E-state index contributed by atoms with van der Waals surface area (Å²) >= 11 is 0. The van der Waals surface area contributed by atoms with Crippen LogP contribution < -0.4 is 0 Å². The number of quaternary nitrogens is 1. The molecule has 2 heterocycles. The molecular weight excluding hydrogens is 188 g/mol. The Morgan fingerprint density at radius 1 is 1.53 bits per heavy atom. The number of hydrogen-bond donors (Lipinski definition) is 0. The van der Waals surface area contributed by atoms with E-state index in [1.54, 1.807) is 0 Å². The molecule has 0 bridgehead atoms. The van der Waals surface area contributed by atoms with Crippen LogP contribution in [0.15, 0.2) is 11.8 Å². The molecule has 0 N–H and O–H groups in total. The van der Waals surface area contributed by atoms with Crippen molar-refractivity contribution in [2.24, 2.45) is 0 Å². The van der Waals surface area contributed by atoms with Crippen LogP contribution in [0.3, 0.4) is 0 Å². The third-order valence-electron chi connectivity index (χ3n) is 3.59. The predicted octanol–water partition coefficient (Wildman–Crippen LogP) is 1.36. The van der Waals surface area contributed by atoms with Gasteiger partial charge >= 0.3 is 0 Å². The van der Waals surface area contributed by atoms with Gasteiger partial charge in [-0.3, -0.25) is 9.28 Å². The van der Waals surface area contributed by atoms with E-state index in [2.05, 4.69) is 20.0 Å². The van der Waals surface area contributed by atoms with Gasteiger partial charge < -0.3 is 4.90 Å². The molecule has 0 aliphatic carbocycles. The monoisotopic (exact) mass is 209 g/mol. The fourth-order valence-corrected chi connectivity index (χ4v) is 2.18. The number of rotatable bonds is 3. The summed E-state index contributed by atoms with van der Waals surface area (Å²) in [6.45, 7) is 6.40. The van der Waals surface area contributed by atoms with Crippen molar-refractivity contribution in [3.63, 3.8) is 0 Å². The summed E-state index contributed by atoms with van der Waals surface area (Å²) in [5.41, 5.74) is 1.54. The van der Waals surface area contributed by atoms with Gasteiger partial charge in [-0.05, 0) is 12.5 Å². The number of nitrogens with zero attached hydrogens (tertiary/aromatic N) is 2. The van der Waals surface area contributed by atoms with E-state index in [9.17, 15) is 4.79 Å². The summed E-state index contributed by atoms with van der Waals surface area (Å²) in [5, 5.41) is 0. The van der Waals surface area contributed by atoms with Crippen LogP contribution in [0.25, 0.3) is 0 Å². The Bertz CT molecular complexity index is 292. The molecule has 0 aromatic rings. The Kier molecular flexibility index (Phi) is 2.83. The summed E-state index contributed by atoms with van der Waals surface area (Å²) in [5.74, 6) is 0.321. The average molecular weight is 209 g/mol. The Morgan fingerprint density at radius 3 is 2.73 bits per heavy atom. The summed E-state index contributed by atoms with van der Waals surface area (Å²) in [7, 11) is 2.29. The van der Waals surface area contributed by atoms with E-state index in [4.69, 9.17) is 0 Å². The average Bonchev–Trinajstić information content (AvgIpc) is 2.99. The zero-order valence-electron chi connectivity index (χ0n) is 9.83. The van der Waals surface area contributed by atoms with Crippen molar-refractivity contribution in [1.29, 1.82) is 0 Å². The number of hydrogen-bond acceptors (Lipinski definition) is 1. The Balaban J connectivity index is 1.90. The van der Waals surface area contributed by atoms with E-state index in [0.717, 1.165) is 30.4 Å². The molecule has 84 valence electrons. The van der Waals surface area contributed by atoms with Gasteiger partial charge in [-0.15, -0.1) is 0 Å². The molecule has 2 aliphatic rings. The summed E-state index contributed by atoms with van der Waals surface area (Å²) in [6.07, 6.45) is 5.00. The van der Waals surface area contributed by atoms with Gasteiger partial charge in [0.15, 0.2) is 0 Å². The standard InChI is InChI=1S/C12H21N2O/c1-3-4-12(15)13-7-5-11(6-8-13)14(2)9-10-14/h5H,3-4,6-10H2,1-2H3/q+1. The molecule has 2 aliphatic heterocycles. The maximum atomic E-state index is 11.7. The number of carbonyl (C=O) groups excluding carboxylic acids is 1. The van der Waals surface area contributed by atoms with Crippen LogP contribution in [-0.2, 0) is 4.79 Å². The van der Waals surface area contributed by atoms with Crippen molar-refractivity contribution >= 4 is 5.91 Å². The molecule has 0 aromatic carbocycles. The van der Waals surface area contributed by atoms with Gasteiger partial charge in [0.1, 0.15) is 18.8 Å². The molecule has 0 spiro atoms. The first-order valence-electron chi connectivity index (χ1n) is 5.97. The number of carbonyl (C=O) groups is 1. The number of likely N-dealkylation sites (N-methyl/N-ethyl adjacent to an activating group) is 1. The summed E-state index contributed by atoms with van der Waals surface area (Å²) in [4.78, 5) is 13.7. The van der Waals surface area contributed by atoms with E-state index < -0.39 is 0 Å². The highest BCUT2D eigenvalue weighted by molar-refractivity contribution is 5.76. The van der Waals surface area contributed by atoms with Crippen molar-refractivity contribution in [2.45, 2.75) is 26.2 Å². The first kappa shape index (κ1) is 10.7.